The number of halogens is 1. The van der Waals surface area contributed by atoms with Crippen LogP contribution >= 0.6 is 15.9 Å². The van der Waals surface area contributed by atoms with Gasteiger partial charge in [-0.2, -0.15) is 0 Å². The molecule has 0 spiro atoms. The Bertz CT molecular complexity index is 602. The van der Waals surface area contributed by atoms with E-state index in [1.165, 1.54) is 5.56 Å². The average Bonchev–Trinajstić information content (AvgIpc) is 2.93. The first-order valence-electron chi connectivity index (χ1n) is 7.48. The van der Waals surface area contributed by atoms with E-state index in [4.69, 9.17) is 0 Å². The van der Waals surface area contributed by atoms with Crippen LogP contribution in [0.15, 0.2) is 35.1 Å². The third kappa shape index (κ3) is 3.19. The highest BCUT2D eigenvalue weighted by Gasteiger charge is 2.26. The monoisotopic (exact) mass is 348 g/mol. The van der Waals surface area contributed by atoms with Gasteiger partial charge in [0.1, 0.15) is 12.2 Å². The molecule has 4 nitrogen and oxygen atoms in total. The summed E-state index contributed by atoms with van der Waals surface area (Å²) >= 11 is 3.56. The Kier molecular flexibility index (Phi) is 4.40. The molecule has 5 heteroatoms. The van der Waals surface area contributed by atoms with Crippen LogP contribution in [0.5, 0.6) is 0 Å². The topological polar surface area (TPSA) is 34.0 Å². The van der Waals surface area contributed by atoms with E-state index >= 15 is 0 Å². The van der Waals surface area contributed by atoms with Crippen molar-refractivity contribution in [1.29, 1.82) is 0 Å². The number of likely N-dealkylation sites (tertiary alicyclic amines) is 1. The normalized spacial score (nSPS) is 18.8. The summed E-state index contributed by atoms with van der Waals surface area (Å²) in [4.78, 5) is 2.56. The quantitative estimate of drug-likeness (QED) is 0.850. The van der Waals surface area contributed by atoms with Crippen molar-refractivity contribution in [3.05, 3.63) is 46.5 Å². The fourth-order valence-electron chi connectivity index (χ4n) is 3.18. The molecule has 2 heterocycles. The molecule has 2 aromatic rings. The number of aryl methyl sites for hydroxylation is 1. The number of benzene rings is 1. The lowest BCUT2D eigenvalue weighted by Gasteiger charge is -2.35. The van der Waals surface area contributed by atoms with Crippen molar-refractivity contribution in [2.45, 2.75) is 31.7 Å². The van der Waals surface area contributed by atoms with E-state index in [1.807, 2.05) is 7.05 Å². The Morgan fingerprint density at radius 3 is 2.67 bits per heavy atom. The molecule has 0 aliphatic carbocycles. The van der Waals surface area contributed by atoms with Crippen LogP contribution in [-0.4, -0.2) is 32.8 Å². The van der Waals surface area contributed by atoms with Crippen molar-refractivity contribution in [2.24, 2.45) is 7.05 Å². The van der Waals surface area contributed by atoms with Gasteiger partial charge in [-0.3, -0.25) is 4.90 Å². The zero-order valence-electron chi connectivity index (χ0n) is 12.5. The molecular formula is C16H21BrN4. The van der Waals surface area contributed by atoms with Crippen molar-refractivity contribution >= 4 is 15.9 Å². The van der Waals surface area contributed by atoms with Crippen LogP contribution in [0, 0.1) is 0 Å². The van der Waals surface area contributed by atoms with E-state index in [2.05, 4.69) is 66.8 Å². The number of aromatic nitrogens is 3. The van der Waals surface area contributed by atoms with E-state index in [1.54, 1.807) is 6.33 Å². The van der Waals surface area contributed by atoms with Gasteiger partial charge in [-0.15, -0.1) is 10.2 Å². The van der Waals surface area contributed by atoms with Crippen LogP contribution in [0.3, 0.4) is 0 Å². The minimum Gasteiger partial charge on any atom is -0.320 e. The van der Waals surface area contributed by atoms with E-state index in [-0.39, 0.29) is 0 Å². The summed E-state index contributed by atoms with van der Waals surface area (Å²) in [5.74, 6) is 1.67. The maximum Gasteiger partial charge on any atom is 0.135 e. The molecule has 1 aliphatic rings. The first kappa shape index (κ1) is 14.7. The highest BCUT2D eigenvalue weighted by Crippen LogP contribution is 2.31. The summed E-state index contributed by atoms with van der Waals surface area (Å²) in [6, 6.07) is 9.09. The molecule has 21 heavy (non-hydrogen) atoms. The van der Waals surface area contributed by atoms with Crippen molar-refractivity contribution in [3.8, 4) is 0 Å². The smallest absolute Gasteiger partial charge is 0.135 e. The van der Waals surface area contributed by atoms with Crippen molar-refractivity contribution in [3.63, 3.8) is 0 Å². The van der Waals surface area contributed by atoms with Crippen LogP contribution in [0.25, 0.3) is 0 Å². The molecule has 1 atom stereocenters. The number of hydrogen-bond acceptors (Lipinski definition) is 3. The summed E-state index contributed by atoms with van der Waals surface area (Å²) in [7, 11) is 2.03. The lowest BCUT2D eigenvalue weighted by molar-refractivity contribution is 0.159. The van der Waals surface area contributed by atoms with Gasteiger partial charge in [0.2, 0.25) is 0 Å². The van der Waals surface area contributed by atoms with Crippen molar-refractivity contribution in [2.75, 3.05) is 13.1 Å². The second-order valence-electron chi connectivity index (χ2n) is 5.84. The van der Waals surface area contributed by atoms with Gasteiger partial charge < -0.3 is 4.57 Å². The second-order valence-corrected chi connectivity index (χ2v) is 6.76. The number of hydrogen-bond donors (Lipinski definition) is 0. The fourth-order valence-corrected chi connectivity index (χ4v) is 3.60. The lowest BCUT2D eigenvalue weighted by Crippen LogP contribution is -2.35. The Balaban J connectivity index is 1.64. The standard InChI is InChI=1S/C16H21BrN4/c1-12(14-4-3-5-15(17)10-14)21-8-6-13(7-9-21)16-19-18-11-20(16)2/h3-5,10-13H,6-9H2,1-2H3. The zero-order valence-corrected chi connectivity index (χ0v) is 14.1. The molecule has 1 fully saturated rings. The molecule has 0 bridgehead atoms. The van der Waals surface area contributed by atoms with E-state index < -0.39 is 0 Å². The van der Waals surface area contributed by atoms with Gasteiger partial charge in [-0.05, 0) is 50.6 Å². The van der Waals surface area contributed by atoms with Crippen LogP contribution in [0.4, 0.5) is 0 Å². The molecule has 1 unspecified atom stereocenters. The van der Waals surface area contributed by atoms with Crippen LogP contribution in [0.1, 0.15) is 43.1 Å². The largest absolute Gasteiger partial charge is 0.320 e. The second kappa shape index (κ2) is 6.28. The van der Waals surface area contributed by atoms with Gasteiger partial charge >= 0.3 is 0 Å². The lowest BCUT2D eigenvalue weighted by atomic mass is 9.94. The minimum absolute atomic E-state index is 0.461. The summed E-state index contributed by atoms with van der Waals surface area (Å²) in [5.41, 5.74) is 1.38. The predicted molar refractivity (Wildman–Crippen MR) is 87.1 cm³/mol. The van der Waals surface area contributed by atoms with Gasteiger partial charge in [0, 0.05) is 23.5 Å². The third-order valence-corrected chi connectivity index (χ3v) is 5.01. The maximum absolute atomic E-state index is 4.27. The molecule has 112 valence electrons. The van der Waals surface area contributed by atoms with Crippen molar-refractivity contribution < 1.29 is 0 Å². The fraction of sp³-hybridized carbons (Fsp3) is 0.500. The maximum atomic E-state index is 4.27. The summed E-state index contributed by atoms with van der Waals surface area (Å²) in [5, 5.41) is 8.27. The highest BCUT2D eigenvalue weighted by atomic mass is 79.9. The van der Waals surface area contributed by atoms with Crippen molar-refractivity contribution in [1.82, 2.24) is 19.7 Å². The number of rotatable bonds is 3. The SMILES string of the molecule is CC(c1cccc(Br)c1)N1CCC(c2nncn2C)CC1. The number of piperidine rings is 1. The molecule has 0 amide bonds. The van der Waals surface area contributed by atoms with Gasteiger partial charge in [0.15, 0.2) is 0 Å². The molecule has 0 N–H and O–H groups in total. The third-order valence-electron chi connectivity index (χ3n) is 4.52. The first-order chi connectivity index (χ1) is 10.1. The molecule has 3 rings (SSSR count). The summed E-state index contributed by atoms with van der Waals surface area (Å²) < 4.78 is 3.21. The highest BCUT2D eigenvalue weighted by molar-refractivity contribution is 9.10. The van der Waals surface area contributed by atoms with E-state index in [9.17, 15) is 0 Å². The zero-order chi connectivity index (χ0) is 14.8. The molecule has 1 aromatic carbocycles. The first-order valence-corrected chi connectivity index (χ1v) is 8.28. The van der Waals surface area contributed by atoms with Gasteiger partial charge in [-0.1, -0.05) is 28.1 Å². The number of nitrogens with zero attached hydrogens (tertiary/aromatic N) is 4. The summed E-state index contributed by atoms with van der Waals surface area (Å²) in [6.07, 6.45) is 4.11. The van der Waals surface area contributed by atoms with Crippen LogP contribution in [-0.2, 0) is 7.05 Å². The van der Waals surface area contributed by atoms with Gasteiger partial charge in [-0.25, -0.2) is 0 Å². The average molecular weight is 349 g/mol. The molecule has 1 saturated heterocycles. The molecular weight excluding hydrogens is 328 g/mol. The molecule has 1 aromatic heterocycles. The van der Waals surface area contributed by atoms with Crippen LogP contribution in [0.2, 0.25) is 0 Å². The molecule has 0 radical (unpaired) electrons. The van der Waals surface area contributed by atoms with E-state index in [0.29, 0.717) is 12.0 Å². The summed E-state index contributed by atoms with van der Waals surface area (Å²) in [6.45, 7) is 4.53. The Morgan fingerprint density at radius 1 is 1.29 bits per heavy atom. The minimum atomic E-state index is 0.461. The van der Waals surface area contributed by atoms with Gasteiger partial charge in [0.25, 0.3) is 0 Å². The van der Waals surface area contributed by atoms with Crippen LogP contribution < -0.4 is 0 Å². The molecule has 0 saturated carbocycles. The molecule has 1 aliphatic heterocycles. The van der Waals surface area contributed by atoms with E-state index in [0.717, 1.165) is 36.2 Å². The van der Waals surface area contributed by atoms with Gasteiger partial charge in [0.05, 0.1) is 0 Å². The predicted octanol–water partition coefficient (Wildman–Crippen LogP) is 3.52. The Morgan fingerprint density at radius 2 is 2.05 bits per heavy atom. The Labute approximate surface area is 134 Å². The Hall–Kier alpha value is -1.20.